The molecule has 0 bridgehead atoms. The second-order valence-electron chi connectivity index (χ2n) is 2.40. The Kier molecular flexibility index (Phi) is 3.70. The van der Waals surface area contributed by atoms with Crippen LogP contribution in [0.3, 0.4) is 0 Å². The molecule has 1 atom stereocenters. The molecule has 0 amide bonds. The molecule has 0 fully saturated rings. The van der Waals surface area contributed by atoms with Gasteiger partial charge in [-0.15, -0.1) is 22.9 Å². The minimum atomic E-state index is 0.481. The van der Waals surface area contributed by atoms with E-state index in [4.69, 9.17) is 23.2 Å². The van der Waals surface area contributed by atoms with Crippen LogP contribution in [0.25, 0.3) is 0 Å². The monoisotopic (exact) mass is 208 g/mol. The summed E-state index contributed by atoms with van der Waals surface area (Å²) < 4.78 is 0.851. The maximum absolute atomic E-state index is 5.79. The van der Waals surface area contributed by atoms with E-state index in [9.17, 15) is 0 Å². The van der Waals surface area contributed by atoms with E-state index in [2.05, 4.69) is 13.0 Å². The molecular weight excluding hydrogens is 199 g/mol. The fraction of sp³-hybridized carbons (Fsp3) is 0.500. The van der Waals surface area contributed by atoms with Crippen molar-refractivity contribution in [2.24, 2.45) is 0 Å². The minimum Gasteiger partial charge on any atom is -0.128 e. The number of alkyl halides is 1. The van der Waals surface area contributed by atoms with Gasteiger partial charge in [0.2, 0.25) is 0 Å². The standard InChI is InChI=1S/C8H10Cl2S/c1-2-6(5-9)7-3-4-8(10)11-7/h3-4,6H,2,5H2,1H3. The molecule has 3 heteroatoms. The van der Waals surface area contributed by atoms with Crippen LogP contribution in [0.4, 0.5) is 0 Å². The summed E-state index contributed by atoms with van der Waals surface area (Å²) in [5, 5.41) is 0. The Hall–Kier alpha value is 0.280. The molecule has 0 aliphatic carbocycles. The summed E-state index contributed by atoms with van der Waals surface area (Å²) in [7, 11) is 0. The van der Waals surface area contributed by atoms with E-state index < -0.39 is 0 Å². The molecule has 1 rings (SSSR count). The highest BCUT2D eigenvalue weighted by Gasteiger charge is 2.09. The predicted molar refractivity (Wildman–Crippen MR) is 53.1 cm³/mol. The minimum absolute atomic E-state index is 0.481. The Bertz CT molecular complexity index is 216. The van der Waals surface area contributed by atoms with Crippen LogP contribution in [0.1, 0.15) is 24.1 Å². The van der Waals surface area contributed by atoms with Crippen molar-refractivity contribution >= 4 is 34.5 Å². The Morgan fingerprint density at radius 3 is 2.64 bits per heavy atom. The van der Waals surface area contributed by atoms with Crippen molar-refractivity contribution in [1.29, 1.82) is 0 Å². The van der Waals surface area contributed by atoms with Crippen molar-refractivity contribution in [3.63, 3.8) is 0 Å². The fourth-order valence-corrected chi connectivity index (χ4v) is 2.65. The molecule has 0 N–H and O–H groups in total. The van der Waals surface area contributed by atoms with Crippen LogP contribution < -0.4 is 0 Å². The summed E-state index contributed by atoms with van der Waals surface area (Å²) in [5.74, 6) is 1.17. The molecule has 11 heavy (non-hydrogen) atoms. The van der Waals surface area contributed by atoms with Crippen LogP contribution in [0, 0.1) is 0 Å². The van der Waals surface area contributed by atoms with Crippen LogP contribution >= 0.6 is 34.5 Å². The predicted octanol–water partition coefficient (Wildman–Crippen LogP) is 4.13. The highest BCUT2D eigenvalue weighted by molar-refractivity contribution is 7.16. The summed E-state index contributed by atoms with van der Waals surface area (Å²) in [6.07, 6.45) is 1.08. The lowest BCUT2D eigenvalue weighted by molar-refractivity contribution is 0.755. The summed E-state index contributed by atoms with van der Waals surface area (Å²) in [6, 6.07) is 3.99. The van der Waals surface area contributed by atoms with E-state index in [0.29, 0.717) is 11.8 Å². The number of rotatable bonds is 3. The third-order valence-corrected chi connectivity index (χ3v) is 3.44. The second kappa shape index (κ2) is 4.34. The average Bonchev–Trinajstić information content (AvgIpc) is 2.39. The van der Waals surface area contributed by atoms with Crippen molar-refractivity contribution in [1.82, 2.24) is 0 Å². The molecule has 1 heterocycles. The molecule has 1 aromatic heterocycles. The highest BCUT2D eigenvalue weighted by Crippen LogP contribution is 2.30. The first-order valence-electron chi connectivity index (χ1n) is 3.59. The normalized spacial score (nSPS) is 13.4. The van der Waals surface area contributed by atoms with Crippen molar-refractivity contribution < 1.29 is 0 Å². The first-order chi connectivity index (χ1) is 5.27. The first-order valence-corrected chi connectivity index (χ1v) is 5.32. The van der Waals surface area contributed by atoms with Gasteiger partial charge in [-0.1, -0.05) is 18.5 Å². The lowest BCUT2D eigenvalue weighted by Gasteiger charge is -2.06. The van der Waals surface area contributed by atoms with E-state index in [0.717, 1.165) is 10.8 Å². The molecule has 0 saturated carbocycles. The van der Waals surface area contributed by atoms with Crippen LogP contribution in [0.2, 0.25) is 4.34 Å². The molecule has 0 spiro atoms. The van der Waals surface area contributed by atoms with Crippen LogP contribution in [0.5, 0.6) is 0 Å². The maximum atomic E-state index is 5.79. The zero-order valence-corrected chi connectivity index (χ0v) is 8.64. The molecule has 62 valence electrons. The molecule has 0 aliphatic heterocycles. The largest absolute Gasteiger partial charge is 0.128 e. The summed E-state index contributed by atoms with van der Waals surface area (Å²) >= 11 is 13.2. The molecular formula is C8H10Cl2S. The van der Waals surface area contributed by atoms with Crippen molar-refractivity contribution in [3.8, 4) is 0 Å². The van der Waals surface area contributed by atoms with E-state index in [1.807, 2.05) is 6.07 Å². The summed E-state index contributed by atoms with van der Waals surface area (Å²) in [6.45, 7) is 2.14. The van der Waals surface area contributed by atoms with Gasteiger partial charge < -0.3 is 0 Å². The molecule has 0 saturated heterocycles. The number of hydrogen-bond acceptors (Lipinski definition) is 1. The van der Waals surface area contributed by atoms with Gasteiger partial charge in [-0.3, -0.25) is 0 Å². The van der Waals surface area contributed by atoms with Gasteiger partial charge >= 0.3 is 0 Å². The van der Waals surface area contributed by atoms with E-state index in [1.54, 1.807) is 11.3 Å². The molecule has 0 nitrogen and oxygen atoms in total. The van der Waals surface area contributed by atoms with Gasteiger partial charge in [-0.25, -0.2) is 0 Å². The van der Waals surface area contributed by atoms with Gasteiger partial charge in [0.05, 0.1) is 4.34 Å². The molecule has 1 unspecified atom stereocenters. The number of hydrogen-bond donors (Lipinski definition) is 0. The Morgan fingerprint density at radius 1 is 1.55 bits per heavy atom. The zero-order valence-electron chi connectivity index (χ0n) is 6.31. The van der Waals surface area contributed by atoms with E-state index in [-0.39, 0.29) is 0 Å². The first kappa shape index (κ1) is 9.37. The second-order valence-corrected chi connectivity index (χ2v) is 4.46. The van der Waals surface area contributed by atoms with Crippen molar-refractivity contribution in [2.45, 2.75) is 19.3 Å². The third-order valence-electron chi connectivity index (χ3n) is 1.68. The van der Waals surface area contributed by atoms with Crippen LogP contribution in [-0.4, -0.2) is 5.88 Å². The maximum Gasteiger partial charge on any atom is 0.0931 e. The summed E-state index contributed by atoms with van der Waals surface area (Å²) in [4.78, 5) is 1.30. The number of halogens is 2. The lowest BCUT2D eigenvalue weighted by Crippen LogP contribution is -1.94. The van der Waals surface area contributed by atoms with Crippen LogP contribution in [0.15, 0.2) is 12.1 Å². The summed E-state index contributed by atoms with van der Waals surface area (Å²) in [5.41, 5.74) is 0. The van der Waals surface area contributed by atoms with Gasteiger partial charge in [0.25, 0.3) is 0 Å². The SMILES string of the molecule is CCC(CCl)c1ccc(Cl)s1. The van der Waals surface area contributed by atoms with Gasteiger partial charge in [0, 0.05) is 16.7 Å². The van der Waals surface area contributed by atoms with Gasteiger partial charge in [-0.2, -0.15) is 0 Å². The molecule has 0 aliphatic rings. The topological polar surface area (TPSA) is 0 Å². The van der Waals surface area contributed by atoms with E-state index in [1.165, 1.54) is 4.88 Å². The number of thiophene rings is 1. The lowest BCUT2D eigenvalue weighted by atomic mass is 10.1. The third kappa shape index (κ3) is 2.36. The van der Waals surface area contributed by atoms with Gasteiger partial charge in [0.1, 0.15) is 0 Å². The zero-order chi connectivity index (χ0) is 8.27. The average molecular weight is 209 g/mol. The van der Waals surface area contributed by atoms with Crippen molar-refractivity contribution in [2.75, 3.05) is 5.88 Å². The van der Waals surface area contributed by atoms with Gasteiger partial charge in [0.15, 0.2) is 0 Å². The molecule has 0 radical (unpaired) electrons. The highest BCUT2D eigenvalue weighted by atomic mass is 35.5. The Morgan fingerprint density at radius 2 is 2.27 bits per heavy atom. The fourth-order valence-electron chi connectivity index (χ4n) is 0.934. The Labute approximate surface area is 81.1 Å². The quantitative estimate of drug-likeness (QED) is 0.656. The van der Waals surface area contributed by atoms with Crippen molar-refractivity contribution in [3.05, 3.63) is 21.3 Å². The van der Waals surface area contributed by atoms with E-state index >= 15 is 0 Å². The van der Waals surface area contributed by atoms with Crippen LogP contribution in [-0.2, 0) is 0 Å². The smallest absolute Gasteiger partial charge is 0.0931 e. The van der Waals surface area contributed by atoms with Gasteiger partial charge in [-0.05, 0) is 18.6 Å². The Balaban J connectivity index is 2.73. The molecule has 0 aromatic carbocycles. The molecule has 1 aromatic rings.